The fourth-order valence-corrected chi connectivity index (χ4v) is 4.69. The number of rotatable bonds is 5. The molecular weight excluding hydrogens is 386 g/mol. The highest BCUT2D eigenvalue weighted by molar-refractivity contribution is 6.10. The summed E-state index contributed by atoms with van der Waals surface area (Å²) < 4.78 is 0. The Morgan fingerprint density at radius 3 is 2.65 bits per heavy atom. The first-order valence-electron chi connectivity index (χ1n) is 10.9. The number of hydrogen-bond donors (Lipinski definition) is 3. The highest BCUT2D eigenvalue weighted by Gasteiger charge is 2.37. The van der Waals surface area contributed by atoms with Crippen molar-refractivity contribution < 1.29 is 9.90 Å². The van der Waals surface area contributed by atoms with Crippen molar-refractivity contribution >= 4 is 23.1 Å². The van der Waals surface area contributed by atoms with Gasteiger partial charge in [-0.05, 0) is 68.2 Å². The minimum absolute atomic E-state index is 0.0215. The lowest BCUT2D eigenvalue weighted by Gasteiger charge is -2.38. The molecule has 0 saturated heterocycles. The molecule has 0 fully saturated rings. The molecule has 0 aromatic heterocycles. The van der Waals surface area contributed by atoms with Crippen molar-refractivity contribution in [1.82, 2.24) is 0 Å². The molecule has 4 rings (SSSR count). The van der Waals surface area contributed by atoms with Gasteiger partial charge in [-0.3, -0.25) is 4.99 Å². The minimum atomic E-state index is -0.896. The Bertz CT molecular complexity index is 1130. The van der Waals surface area contributed by atoms with Gasteiger partial charge in [-0.1, -0.05) is 30.3 Å². The van der Waals surface area contributed by atoms with Crippen molar-refractivity contribution in [2.75, 3.05) is 23.7 Å². The molecule has 0 amide bonds. The quantitative estimate of drug-likeness (QED) is 0.594. The van der Waals surface area contributed by atoms with E-state index in [1.165, 1.54) is 0 Å². The standard InChI is InChI=1S/C26H29N3O2/c1-5-27-21-13-23-19(11-15(21)3)25(17-9-7-8-10-18(17)26(30)31)20-12-16(4)22(28-6-2)14-24(20)29-23/h7-14,19,25,28-29H,5-6H2,1-4H3,(H,30,31). The van der Waals surface area contributed by atoms with Crippen molar-refractivity contribution in [1.29, 1.82) is 0 Å². The molecular formula is C26H29N3O2. The van der Waals surface area contributed by atoms with Crippen molar-refractivity contribution in [3.63, 3.8) is 0 Å². The Kier molecular flexibility index (Phi) is 5.68. The van der Waals surface area contributed by atoms with E-state index in [9.17, 15) is 9.90 Å². The third kappa shape index (κ3) is 3.76. The number of nitrogens with zero attached hydrogens (tertiary/aromatic N) is 1. The van der Waals surface area contributed by atoms with E-state index >= 15 is 0 Å². The van der Waals surface area contributed by atoms with Crippen LogP contribution in [0.2, 0.25) is 0 Å². The van der Waals surface area contributed by atoms with Gasteiger partial charge in [0, 0.05) is 42.0 Å². The molecule has 2 unspecified atom stereocenters. The van der Waals surface area contributed by atoms with Gasteiger partial charge in [0.2, 0.25) is 0 Å². The molecule has 5 nitrogen and oxygen atoms in total. The van der Waals surface area contributed by atoms with E-state index in [0.29, 0.717) is 5.56 Å². The minimum Gasteiger partial charge on any atom is -0.478 e. The van der Waals surface area contributed by atoms with Gasteiger partial charge in [0.1, 0.15) is 0 Å². The first-order valence-corrected chi connectivity index (χ1v) is 10.9. The SMILES string of the molecule is CCN=C1C=C2Nc3cc(NCC)c(C)cc3C(c3ccccc3C(=O)O)C2C=C1C. The number of benzene rings is 2. The van der Waals surface area contributed by atoms with Crippen molar-refractivity contribution in [3.8, 4) is 0 Å². The Morgan fingerprint density at radius 1 is 1.16 bits per heavy atom. The van der Waals surface area contributed by atoms with Gasteiger partial charge in [0.05, 0.1) is 11.3 Å². The van der Waals surface area contributed by atoms with Gasteiger partial charge in [0.25, 0.3) is 0 Å². The Hall–Kier alpha value is -3.34. The second-order valence-electron chi connectivity index (χ2n) is 8.11. The van der Waals surface area contributed by atoms with Crippen LogP contribution in [-0.4, -0.2) is 29.9 Å². The monoisotopic (exact) mass is 415 g/mol. The average Bonchev–Trinajstić information content (AvgIpc) is 2.74. The fourth-order valence-electron chi connectivity index (χ4n) is 4.69. The number of fused-ring (bicyclic) bond motifs is 2. The number of aromatic carboxylic acids is 1. The predicted molar refractivity (Wildman–Crippen MR) is 128 cm³/mol. The number of nitrogens with one attached hydrogen (secondary N) is 2. The molecule has 3 N–H and O–H groups in total. The van der Waals surface area contributed by atoms with Crippen LogP contribution in [0.5, 0.6) is 0 Å². The normalized spacial score (nSPS) is 20.8. The van der Waals surface area contributed by atoms with E-state index in [-0.39, 0.29) is 11.8 Å². The van der Waals surface area contributed by atoms with E-state index in [4.69, 9.17) is 0 Å². The molecule has 0 saturated carbocycles. The smallest absolute Gasteiger partial charge is 0.335 e. The molecule has 0 spiro atoms. The third-order valence-corrected chi connectivity index (χ3v) is 6.08. The maximum atomic E-state index is 12.1. The van der Waals surface area contributed by atoms with E-state index in [2.05, 4.69) is 60.7 Å². The molecule has 160 valence electrons. The second kappa shape index (κ2) is 8.42. The fraction of sp³-hybridized carbons (Fsp3) is 0.308. The number of hydrogen-bond acceptors (Lipinski definition) is 4. The topological polar surface area (TPSA) is 73.7 Å². The van der Waals surface area contributed by atoms with Crippen molar-refractivity contribution in [3.05, 3.63) is 82.1 Å². The number of carboxylic acids is 1. The van der Waals surface area contributed by atoms with Crippen molar-refractivity contribution in [2.45, 2.75) is 33.6 Å². The lowest BCUT2D eigenvalue weighted by molar-refractivity contribution is 0.0695. The molecule has 0 bridgehead atoms. The molecule has 2 aliphatic rings. The van der Waals surface area contributed by atoms with Crippen LogP contribution < -0.4 is 10.6 Å². The molecule has 2 aromatic carbocycles. The number of aryl methyl sites for hydroxylation is 1. The first-order chi connectivity index (χ1) is 14.9. The number of anilines is 2. The largest absolute Gasteiger partial charge is 0.478 e. The van der Waals surface area contributed by atoms with Crippen LogP contribution >= 0.6 is 0 Å². The summed E-state index contributed by atoms with van der Waals surface area (Å²) in [6, 6.07) is 11.7. The van der Waals surface area contributed by atoms with E-state index in [1.807, 2.05) is 19.1 Å². The van der Waals surface area contributed by atoms with Gasteiger partial charge in [-0.15, -0.1) is 0 Å². The summed E-state index contributed by atoms with van der Waals surface area (Å²) in [5.41, 5.74) is 8.72. The predicted octanol–water partition coefficient (Wildman–Crippen LogP) is 5.60. The number of carboxylic acid groups (broad SMARTS) is 1. The molecule has 1 aliphatic carbocycles. The Labute approximate surface area is 183 Å². The molecule has 1 heterocycles. The second-order valence-corrected chi connectivity index (χ2v) is 8.11. The summed E-state index contributed by atoms with van der Waals surface area (Å²) in [5.74, 6) is -0.970. The van der Waals surface area contributed by atoms with Gasteiger partial charge in [0.15, 0.2) is 0 Å². The first kappa shape index (κ1) is 20.9. The highest BCUT2D eigenvalue weighted by Crippen LogP contribution is 2.48. The maximum Gasteiger partial charge on any atom is 0.335 e. The lowest BCUT2D eigenvalue weighted by atomic mass is 9.71. The number of allylic oxidation sites excluding steroid dienone is 3. The molecule has 2 atom stereocenters. The van der Waals surface area contributed by atoms with Crippen LogP contribution in [0.1, 0.15) is 53.7 Å². The van der Waals surface area contributed by atoms with E-state index in [1.54, 1.807) is 12.1 Å². The van der Waals surface area contributed by atoms with Gasteiger partial charge < -0.3 is 15.7 Å². The summed E-state index contributed by atoms with van der Waals surface area (Å²) in [6.45, 7) is 9.85. The molecule has 2 aromatic rings. The zero-order chi connectivity index (χ0) is 22.1. The third-order valence-electron chi connectivity index (χ3n) is 6.08. The highest BCUT2D eigenvalue weighted by atomic mass is 16.4. The summed E-state index contributed by atoms with van der Waals surface area (Å²) in [6.07, 6.45) is 4.35. The van der Waals surface area contributed by atoms with Crippen LogP contribution in [0.4, 0.5) is 11.4 Å². The molecule has 5 heteroatoms. The molecule has 1 aliphatic heterocycles. The van der Waals surface area contributed by atoms with E-state index < -0.39 is 5.97 Å². The Morgan fingerprint density at radius 2 is 1.94 bits per heavy atom. The summed E-state index contributed by atoms with van der Waals surface area (Å²) in [7, 11) is 0. The molecule has 0 radical (unpaired) electrons. The van der Waals surface area contributed by atoms with Crippen LogP contribution in [0.15, 0.2) is 64.8 Å². The van der Waals surface area contributed by atoms with Gasteiger partial charge in [-0.2, -0.15) is 0 Å². The van der Waals surface area contributed by atoms with E-state index in [0.717, 1.165) is 58.1 Å². The number of aliphatic imine (C=N–C) groups is 1. The zero-order valence-corrected chi connectivity index (χ0v) is 18.5. The lowest BCUT2D eigenvalue weighted by Crippen LogP contribution is -2.30. The average molecular weight is 416 g/mol. The van der Waals surface area contributed by atoms with Crippen LogP contribution in [0.3, 0.4) is 0 Å². The summed E-state index contributed by atoms with van der Waals surface area (Å²) in [5, 5.41) is 17.0. The number of carbonyl (C=O) groups is 1. The van der Waals surface area contributed by atoms with Crippen LogP contribution in [0, 0.1) is 12.8 Å². The maximum absolute atomic E-state index is 12.1. The van der Waals surface area contributed by atoms with Crippen LogP contribution in [0.25, 0.3) is 0 Å². The van der Waals surface area contributed by atoms with Crippen molar-refractivity contribution in [2.24, 2.45) is 10.9 Å². The molecule has 31 heavy (non-hydrogen) atoms. The zero-order valence-electron chi connectivity index (χ0n) is 18.5. The van der Waals surface area contributed by atoms with Gasteiger partial charge in [-0.25, -0.2) is 4.79 Å². The van der Waals surface area contributed by atoms with Gasteiger partial charge >= 0.3 is 5.97 Å². The summed E-state index contributed by atoms with van der Waals surface area (Å²) >= 11 is 0. The summed E-state index contributed by atoms with van der Waals surface area (Å²) in [4.78, 5) is 16.7. The Balaban J connectivity index is 1.96. The van der Waals surface area contributed by atoms with Crippen LogP contribution in [-0.2, 0) is 0 Å².